The van der Waals surface area contributed by atoms with E-state index < -0.39 is 0 Å². The molecule has 0 bridgehead atoms. The summed E-state index contributed by atoms with van der Waals surface area (Å²) in [7, 11) is 0. The first-order valence-corrected chi connectivity index (χ1v) is 9.33. The highest BCUT2D eigenvalue weighted by Gasteiger charge is 2.21. The van der Waals surface area contributed by atoms with Gasteiger partial charge in [0.05, 0.1) is 11.2 Å². The molecule has 0 aliphatic carbocycles. The van der Waals surface area contributed by atoms with Gasteiger partial charge < -0.3 is 10.2 Å². The van der Waals surface area contributed by atoms with Crippen LogP contribution in [0.1, 0.15) is 29.8 Å². The van der Waals surface area contributed by atoms with E-state index in [2.05, 4.69) is 62.7 Å². The van der Waals surface area contributed by atoms with E-state index in [1.807, 2.05) is 19.1 Å². The number of hydrogen-bond acceptors (Lipinski definition) is 5. The molecule has 4 rings (SSSR count). The third kappa shape index (κ3) is 3.68. The first-order chi connectivity index (χ1) is 12.7. The summed E-state index contributed by atoms with van der Waals surface area (Å²) in [6.45, 7) is 6.92. The van der Waals surface area contributed by atoms with Crippen LogP contribution >= 0.6 is 0 Å². The summed E-state index contributed by atoms with van der Waals surface area (Å²) in [4.78, 5) is 6.98. The first kappa shape index (κ1) is 16.9. The average molecular weight is 347 g/mol. The van der Waals surface area contributed by atoms with Gasteiger partial charge in [-0.25, -0.2) is 0 Å². The molecule has 134 valence electrons. The van der Waals surface area contributed by atoms with Gasteiger partial charge in [-0.1, -0.05) is 18.2 Å². The Morgan fingerprint density at radius 2 is 1.96 bits per heavy atom. The second-order valence-corrected chi connectivity index (χ2v) is 7.14. The van der Waals surface area contributed by atoms with Crippen molar-refractivity contribution < 1.29 is 0 Å². The number of benzene rings is 1. The fraction of sp³-hybridized carbons (Fsp3) is 0.381. The molecule has 3 aromatic rings. The van der Waals surface area contributed by atoms with Crippen LogP contribution in [0.2, 0.25) is 0 Å². The van der Waals surface area contributed by atoms with Gasteiger partial charge in [0.15, 0.2) is 5.82 Å². The molecule has 1 fully saturated rings. The van der Waals surface area contributed by atoms with Crippen molar-refractivity contribution in [3.8, 4) is 0 Å². The third-order valence-corrected chi connectivity index (χ3v) is 5.04. The molecule has 26 heavy (non-hydrogen) atoms. The van der Waals surface area contributed by atoms with Gasteiger partial charge in [0, 0.05) is 36.8 Å². The smallest absolute Gasteiger partial charge is 0.151 e. The zero-order valence-electron chi connectivity index (χ0n) is 15.4. The van der Waals surface area contributed by atoms with Crippen LogP contribution in [-0.2, 0) is 6.54 Å². The molecule has 1 N–H and O–H groups in total. The second kappa shape index (κ2) is 7.38. The van der Waals surface area contributed by atoms with E-state index in [1.165, 1.54) is 23.8 Å². The summed E-state index contributed by atoms with van der Waals surface area (Å²) < 4.78 is 0. The lowest BCUT2D eigenvalue weighted by atomic mass is 10.0. The predicted molar refractivity (Wildman–Crippen MR) is 105 cm³/mol. The standard InChI is InChI=1S/C21H25N5/c1-15-9-10-21(25-24-15)26-11-5-6-18(14-26)22-13-17-12-16(2)23-20-8-4-3-7-19(17)20/h3-4,7-10,12,18,22H,5-6,11,13-14H2,1-2H3/t18-/m0/s1. The van der Waals surface area contributed by atoms with E-state index in [9.17, 15) is 0 Å². The molecular formula is C21H25N5. The summed E-state index contributed by atoms with van der Waals surface area (Å²) in [5, 5.41) is 13.5. The molecule has 1 aliphatic rings. The van der Waals surface area contributed by atoms with E-state index >= 15 is 0 Å². The Kier molecular flexibility index (Phi) is 4.80. The highest BCUT2D eigenvalue weighted by atomic mass is 15.3. The molecule has 0 spiro atoms. The van der Waals surface area contributed by atoms with Crippen LogP contribution in [0.15, 0.2) is 42.5 Å². The minimum absolute atomic E-state index is 0.457. The number of aryl methyl sites for hydroxylation is 2. The summed E-state index contributed by atoms with van der Waals surface area (Å²) in [5.74, 6) is 0.979. The maximum Gasteiger partial charge on any atom is 0.151 e. The average Bonchev–Trinajstić information content (AvgIpc) is 2.67. The zero-order chi connectivity index (χ0) is 17.9. The van der Waals surface area contributed by atoms with Gasteiger partial charge in [0.1, 0.15) is 0 Å². The van der Waals surface area contributed by atoms with Crippen molar-refractivity contribution >= 4 is 16.7 Å². The van der Waals surface area contributed by atoms with Crippen molar-refractivity contribution in [3.63, 3.8) is 0 Å². The number of fused-ring (bicyclic) bond motifs is 1. The van der Waals surface area contributed by atoms with Crippen LogP contribution in [0.25, 0.3) is 10.9 Å². The Labute approximate surface area is 154 Å². The molecule has 5 nitrogen and oxygen atoms in total. The maximum atomic E-state index is 4.64. The molecule has 1 aromatic carbocycles. The van der Waals surface area contributed by atoms with Crippen molar-refractivity contribution in [3.05, 3.63) is 59.4 Å². The Morgan fingerprint density at radius 3 is 2.81 bits per heavy atom. The van der Waals surface area contributed by atoms with Gasteiger partial charge in [-0.3, -0.25) is 4.98 Å². The minimum Gasteiger partial charge on any atom is -0.354 e. The Hall–Kier alpha value is -2.53. The predicted octanol–water partition coefficient (Wildman–Crippen LogP) is 3.40. The number of hydrogen-bond donors (Lipinski definition) is 1. The van der Waals surface area contributed by atoms with Gasteiger partial charge >= 0.3 is 0 Å². The molecule has 0 unspecified atom stereocenters. The number of anilines is 1. The lowest BCUT2D eigenvalue weighted by molar-refractivity contribution is 0.420. The first-order valence-electron chi connectivity index (χ1n) is 9.33. The fourth-order valence-corrected chi connectivity index (χ4v) is 3.71. The van der Waals surface area contributed by atoms with E-state index in [-0.39, 0.29) is 0 Å². The summed E-state index contributed by atoms with van der Waals surface area (Å²) in [5.41, 5.74) is 4.42. The Balaban J connectivity index is 1.45. The third-order valence-electron chi connectivity index (χ3n) is 5.04. The molecule has 3 heterocycles. The molecule has 0 amide bonds. The number of piperidine rings is 1. The quantitative estimate of drug-likeness (QED) is 0.784. The largest absolute Gasteiger partial charge is 0.354 e. The fourth-order valence-electron chi connectivity index (χ4n) is 3.71. The van der Waals surface area contributed by atoms with Gasteiger partial charge in [-0.05, 0) is 56.5 Å². The highest BCUT2D eigenvalue weighted by molar-refractivity contribution is 5.82. The topological polar surface area (TPSA) is 53.9 Å². The number of rotatable bonds is 4. The van der Waals surface area contributed by atoms with Crippen molar-refractivity contribution in [1.82, 2.24) is 20.5 Å². The van der Waals surface area contributed by atoms with Crippen LogP contribution in [-0.4, -0.2) is 34.3 Å². The number of pyridine rings is 1. The van der Waals surface area contributed by atoms with E-state index in [4.69, 9.17) is 0 Å². The summed E-state index contributed by atoms with van der Waals surface area (Å²) >= 11 is 0. The monoisotopic (exact) mass is 347 g/mol. The van der Waals surface area contributed by atoms with Crippen LogP contribution in [0, 0.1) is 13.8 Å². The van der Waals surface area contributed by atoms with Crippen molar-refractivity contribution in [1.29, 1.82) is 0 Å². The lowest BCUT2D eigenvalue weighted by Gasteiger charge is -2.34. The molecule has 2 aromatic heterocycles. The molecule has 0 radical (unpaired) electrons. The van der Waals surface area contributed by atoms with Gasteiger partial charge in [0.25, 0.3) is 0 Å². The minimum atomic E-state index is 0.457. The lowest BCUT2D eigenvalue weighted by Crippen LogP contribution is -2.45. The Morgan fingerprint density at radius 1 is 1.08 bits per heavy atom. The van der Waals surface area contributed by atoms with Crippen molar-refractivity contribution in [2.75, 3.05) is 18.0 Å². The molecule has 1 saturated heterocycles. The van der Waals surface area contributed by atoms with Crippen molar-refractivity contribution in [2.24, 2.45) is 0 Å². The van der Waals surface area contributed by atoms with Crippen LogP contribution in [0.4, 0.5) is 5.82 Å². The van der Waals surface area contributed by atoms with E-state index in [0.717, 1.165) is 42.4 Å². The van der Waals surface area contributed by atoms with E-state index in [0.29, 0.717) is 6.04 Å². The van der Waals surface area contributed by atoms with Gasteiger partial charge in [-0.2, -0.15) is 5.10 Å². The number of nitrogens with one attached hydrogen (secondary N) is 1. The Bertz CT molecular complexity index is 891. The van der Waals surface area contributed by atoms with E-state index in [1.54, 1.807) is 0 Å². The molecule has 5 heteroatoms. The van der Waals surface area contributed by atoms with Crippen LogP contribution < -0.4 is 10.2 Å². The molecule has 1 aliphatic heterocycles. The highest BCUT2D eigenvalue weighted by Crippen LogP contribution is 2.20. The van der Waals surface area contributed by atoms with Crippen LogP contribution in [0.5, 0.6) is 0 Å². The molecule has 0 saturated carbocycles. The second-order valence-electron chi connectivity index (χ2n) is 7.14. The summed E-state index contributed by atoms with van der Waals surface area (Å²) in [6, 6.07) is 15.1. The van der Waals surface area contributed by atoms with Crippen molar-refractivity contribution in [2.45, 2.75) is 39.3 Å². The van der Waals surface area contributed by atoms with Gasteiger partial charge in [-0.15, -0.1) is 5.10 Å². The normalized spacial score (nSPS) is 17.6. The zero-order valence-corrected chi connectivity index (χ0v) is 15.4. The SMILES string of the molecule is Cc1ccc(N2CCC[C@H](NCc3cc(C)nc4ccccc34)C2)nn1. The number of nitrogens with zero attached hydrogens (tertiary/aromatic N) is 4. The van der Waals surface area contributed by atoms with Gasteiger partial charge in [0.2, 0.25) is 0 Å². The molecule has 1 atom stereocenters. The molecular weight excluding hydrogens is 322 g/mol. The summed E-state index contributed by atoms with van der Waals surface area (Å²) in [6.07, 6.45) is 2.36. The maximum absolute atomic E-state index is 4.64. The number of para-hydroxylation sites is 1. The number of aromatic nitrogens is 3. The van der Waals surface area contributed by atoms with Crippen LogP contribution in [0.3, 0.4) is 0 Å².